The minimum atomic E-state index is -0.667. The van der Waals surface area contributed by atoms with Gasteiger partial charge in [-0.3, -0.25) is 14.5 Å². The van der Waals surface area contributed by atoms with Crippen molar-refractivity contribution < 1.29 is 23.9 Å². The number of likely N-dealkylation sites (N-methyl/N-ethyl adjacent to an activating group) is 1. The molecule has 1 aliphatic heterocycles. The second-order valence-electron chi connectivity index (χ2n) is 7.54. The predicted molar refractivity (Wildman–Crippen MR) is 128 cm³/mol. The van der Waals surface area contributed by atoms with Crippen molar-refractivity contribution in [2.45, 2.75) is 25.8 Å². The monoisotopic (exact) mass is 469 g/mol. The van der Waals surface area contributed by atoms with Gasteiger partial charge in [-0.2, -0.15) is 0 Å². The van der Waals surface area contributed by atoms with Gasteiger partial charge < -0.3 is 19.7 Å². The lowest BCUT2D eigenvalue weighted by molar-refractivity contribution is -0.130. The lowest BCUT2D eigenvalue weighted by atomic mass is 10.1. The molecule has 1 fully saturated rings. The Hall–Kier alpha value is -3.46. The van der Waals surface area contributed by atoms with E-state index in [1.165, 1.54) is 4.90 Å². The first-order chi connectivity index (χ1) is 15.8. The van der Waals surface area contributed by atoms with E-state index in [0.29, 0.717) is 29.3 Å². The number of carbonyl (C=O) groups is 3. The molecule has 9 heteroatoms. The van der Waals surface area contributed by atoms with Crippen molar-refractivity contribution in [2.24, 2.45) is 0 Å². The van der Waals surface area contributed by atoms with E-state index in [-0.39, 0.29) is 24.8 Å². The molecule has 0 aromatic heterocycles. The van der Waals surface area contributed by atoms with Crippen LogP contribution in [0.1, 0.15) is 29.3 Å². The zero-order valence-corrected chi connectivity index (χ0v) is 19.7. The van der Waals surface area contributed by atoms with Gasteiger partial charge in [-0.1, -0.05) is 12.1 Å². The highest BCUT2D eigenvalue weighted by Crippen LogP contribution is 2.22. The number of rotatable bonds is 9. The zero-order chi connectivity index (χ0) is 24.0. The molecule has 1 N–H and O–H groups in total. The highest BCUT2D eigenvalue weighted by atomic mass is 32.1. The van der Waals surface area contributed by atoms with Gasteiger partial charge in [0.2, 0.25) is 5.91 Å². The Morgan fingerprint density at radius 1 is 1.09 bits per heavy atom. The highest BCUT2D eigenvalue weighted by Gasteiger charge is 2.41. The summed E-state index contributed by atoms with van der Waals surface area (Å²) < 4.78 is 10.1. The maximum absolute atomic E-state index is 12.7. The van der Waals surface area contributed by atoms with Gasteiger partial charge in [0.1, 0.15) is 11.8 Å². The summed E-state index contributed by atoms with van der Waals surface area (Å²) in [4.78, 5) is 40.4. The lowest BCUT2D eigenvalue weighted by Crippen LogP contribution is -2.39. The number of methoxy groups -OCH3 is 1. The van der Waals surface area contributed by atoms with Gasteiger partial charge in [0.25, 0.3) is 5.91 Å². The zero-order valence-electron chi connectivity index (χ0n) is 18.9. The van der Waals surface area contributed by atoms with Gasteiger partial charge in [-0.25, -0.2) is 4.79 Å². The number of hydrogen-bond acceptors (Lipinski definition) is 6. The molecule has 2 aromatic carbocycles. The van der Waals surface area contributed by atoms with Crippen molar-refractivity contribution in [2.75, 3.05) is 32.6 Å². The maximum Gasteiger partial charge on any atom is 0.338 e. The number of hydrogen-bond donors (Lipinski definition) is 1. The van der Waals surface area contributed by atoms with Gasteiger partial charge in [-0.15, -0.1) is 0 Å². The molecule has 0 saturated carbocycles. The summed E-state index contributed by atoms with van der Waals surface area (Å²) in [6.45, 7) is 2.53. The smallest absolute Gasteiger partial charge is 0.338 e. The van der Waals surface area contributed by atoms with Gasteiger partial charge in [0, 0.05) is 19.3 Å². The van der Waals surface area contributed by atoms with E-state index in [4.69, 9.17) is 21.7 Å². The first-order valence-corrected chi connectivity index (χ1v) is 11.0. The summed E-state index contributed by atoms with van der Waals surface area (Å²) in [7, 11) is 3.24. The van der Waals surface area contributed by atoms with E-state index < -0.39 is 12.0 Å². The topological polar surface area (TPSA) is 88.2 Å². The minimum absolute atomic E-state index is 0.0362. The molecule has 1 aliphatic rings. The number of nitrogens with zero attached hydrogens (tertiary/aromatic N) is 2. The summed E-state index contributed by atoms with van der Waals surface area (Å²) in [6.07, 6.45) is 0.629. The Balaban J connectivity index is 1.62. The van der Waals surface area contributed by atoms with Gasteiger partial charge in [0.15, 0.2) is 5.11 Å². The Morgan fingerprint density at radius 3 is 2.36 bits per heavy atom. The Kier molecular flexibility index (Phi) is 8.00. The highest BCUT2D eigenvalue weighted by molar-refractivity contribution is 7.80. The number of esters is 1. The van der Waals surface area contributed by atoms with Crippen LogP contribution in [-0.4, -0.2) is 66.0 Å². The maximum atomic E-state index is 12.7. The molecule has 0 unspecified atom stereocenters. The molecule has 0 radical (unpaired) electrons. The molecule has 174 valence electrons. The fourth-order valence-electron chi connectivity index (χ4n) is 3.56. The van der Waals surface area contributed by atoms with Crippen LogP contribution in [0, 0.1) is 0 Å². The number of carbonyl (C=O) groups excluding carboxylic acids is 3. The van der Waals surface area contributed by atoms with Crippen LogP contribution in [0.25, 0.3) is 0 Å². The van der Waals surface area contributed by atoms with Gasteiger partial charge >= 0.3 is 5.97 Å². The molecular weight excluding hydrogens is 442 g/mol. The number of nitrogens with one attached hydrogen (secondary N) is 1. The minimum Gasteiger partial charge on any atom is -0.497 e. The molecule has 0 bridgehead atoms. The van der Waals surface area contributed by atoms with E-state index in [1.54, 1.807) is 50.2 Å². The van der Waals surface area contributed by atoms with Crippen LogP contribution in [0.4, 0.5) is 5.69 Å². The summed E-state index contributed by atoms with van der Waals surface area (Å²) in [5.74, 6) is -0.168. The molecule has 1 heterocycles. The molecule has 1 atom stereocenters. The van der Waals surface area contributed by atoms with Crippen LogP contribution in [0.15, 0.2) is 48.5 Å². The predicted octanol–water partition coefficient (Wildman–Crippen LogP) is 2.87. The number of anilines is 1. The fourth-order valence-corrected chi connectivity index (χ4v) is 3.87. The Morgan fingerprint density at radius 2 is 1.76 bits per heavy atom. The summed E-state index contributed by atoms with van der Waals surface area (Å²) >= 11 is 5.45. The van der Waals surface area contributed by atoms with E-state index in [2.05, 4.69) is 5.32 Å². The largest absolute Gasteiger partial charge is 0.497 e. The molecular formula is C24H27N3O5S. The van der Waals surface area contributed by atoms with Crippen LogP contribution < -0.4 is 10.1 Å². The molecule has 1 saturated heterocycles. The second-order valence-corrected chi connectivity index (χ2v) is 7.90. The summed E-state index contributed by atoms with van der Waals surface area (Å²) in [5.41, 5.74) is 2.00. The van der Waals surface area contributed by atoms with Crippen LogP contribution >= 0.6 is 12.2 Å². The van der Waals surface area contributed by atoms with Crippen molar-refractivity contribution in [1.82, 2.24) is 9.80 Å². The molecule has 2 amide bonds. The van der Waals surface area contributed by atoms with Crippen LogP contribution in [0.3, 0.4) is 0 Å². The average Bonchev–Trinajstić information content (AvgIpc) is 3.01. The lowest BCUT2D eigenvalue weighted by Gasteiger charge is -2.23. The second kappa shape index (κ2) is 10.9. The molecule has 0 spiro atoms. The third-order valence-corrected chi connectivity index (χ3v) is 5.89. The average molecular weight is 470 g/mol. The summed E-state index contributed by atoms with van der Waals surface area (Å²) in [6, 6.07) is 13.4. The van der Waals surface area contributed by atoms with Crippen LogP contribution in [0.2, 0.25) is 0 Å². The quantitative estimate of drug-likeness (QED) is 0.446. The SMILES string of the molecule is CCOC(=O)c1ccc(NC(=O)C[C@H]2C(=O)N(C)C(=S)N2CCc2ccc(OC)cc2)cc1. The van der Waals surface area contributed by atoms with E-state index in [1.807, 2.05) is 24.3 Å². The molecule has 33 heavy (non-hydrogen) atoms. The van der Waals surface area contributed by atoms with E-state index in [0.717, 1.165) is 11.3 Å². The van der Waals surface area contributed by atoms with Crippen molar-refractivity contribution in [3.63, 3.8) is 0 Å². The number of amides is 2. The Bertz CT molecular complexity index is 1020. The van der Waals surface area contributed by atoms with Crippen LogP contribution in [0.5, 0.6) is 5.75 Å². The number of benzene rings is 2. The van der Waals surface area contributed by atoms with Crippen molar-refractivity contribution in [3.8, 4) is 5.75 Å². The molecule has 2 aromatic rings. The first kappa shape index (κ1) is 24.2. The van der Waals surface area contributed by atoms with Crippen molar-refractivity contribution in [3.05, 3.63) is 59.7 Å². The molecule has 0 aliphatic carbocycles. The molecule has 3 rings (SSSR count). The first-order valence-electron chi connectivity index (χ1n) is 10.6. The van der Waals surface area contributed by atoms with Crippen LogP contribution in [-0.2, 0) is 20.7 Å². The third-order valence-electron chi connectivity index (χ3n) is 5.38. The van der Waals surface area contributed by atoms with E-state index >= 15 is 0 Å². The van der Waals surface area contributed by atoms with Crippen molar-refractivity contribution >= 4 is 40.8 Å². The fraction of sp³-hybridized carbons (Fsp3) is 0.333. The summed E-state index contributed by atoms with van der Waals surface area (Å²) in [5, 5.41) is 3.19. The third kappa shape index (κ3) is 5.87. The number of ether oxygens (including phenoxy) is 2. The number of thiocarbonyl (C=S) groups is 1. The van der Waals surface area contributed by atoms with Crippen molar-refractivity contribution in [1.29, 1.82) is 0 Å². The normalized spacial score (nSPS) is 15.5. The van der Waals surface area contributed by atoms with Gasteiger partial charge in [0.05, 0.1) is 25.7 Å². The molecule has 8 nitrogen and oxygen atoms in total. The Labute approximate surface area is 198 Å². The van der Waals surface area contributed by atoms with E-state index in [9.17, 15) is 14.4 Å². The van der Waals surface area contributed by atoms with Gasteiger partial charge in [-0.05, 0) is 67.5 Å². The standard InChI is InChI=1S/C24H27N3O5S/c1-4-32-23(30)17-7-9-18(10-8-17)25-21(28)15-20-22(29)26(2)24(33)27(20)14-13-16-5-11-19(31-3)12-6-16/h5-12,20H,4,13-15H2,1-3H3,(H,25,28)/t20-/m0/s1.